The van der Waals surface area contributed by atoms with Gasteiger partial charge in [-0.05, 0) is 24.5 Å². The van der Waals surface area contributed by atoms with Gasteiger partial charge in [0.1, 0.15) is 0 Å². The molecule has 4 heteroatoms. The minimum absolute atomic E-state index is 0.122. The molecule has 3 N–H and O–H groups in total. The predicted octanol–water partition coefficient (Wildman–Crippen LogP) is 2.29. The van der Waals surface area contributed by atoms with Crippen molar-refractivity contribution in [2.45, 2.75) is 32.7 Å². The maximum absolute atomic E-state index is 5.65. The molecule has 0 bridgehead atoms. The Balaban J connectivity index is 2.23. The quantitative estimate of drug-likeness (QED) is 0.636. The second-order valence-corrected chi connectivity index (χ2v) is 4.67. The molecule has 0 fully saturated rings. The van der Waals surface area contributed by atoms with E-state index >= 15 is 0 Å². The Morgan fingerprint density at radius 1 is 1.16 bits per heavy atom. The Kier molecular flexibility index (Phi) is 4.60. The lowest BCUT2D eigenvalue weighted by molar-refractivity contribution is 0.616. The maximum Gasteiger partial charge on any atom is 0.0897 e. The lowest BCUT2D eigenvalue weighted by atomic mass is 10.0. The van der Waals surface area contributed by atoms with Gasteiger partial charge in [-0.3, -0.25) is 15.8 Å². The molecule has 100 valence electrons. The highest BCUT2D eigenvalue weighted by atomic mass is 15.2. The van der Waals surface area contributed by atoms with Crippen molar-refractivity contribution < 1.29 is 0 Å². The number of aryl methyl sites for hydroxylation is 2. The Morgan fingerprint density at radius 3 is 2.42 bits per heavy atom. The van der Waals surface area contributed by atoms with Crippen LogP contribution in [0.2, 0.25) is 0 Å². The molecule has 0 aliphatic heterocycles. The van der Waals surface area contributed by atoms with E-state index in [1.165, 1.54) is 5.56 Å². The first kappa shape index (κ1) is 13.6. The van der Waals surface area contributed by atoms with Crippen molar-refractivity contribution in [2.24, 2.45) is 5.84 Å². The molecule has 0 amide bonds. The van der Waals surface area contributed by atoms with Gasteiger partial charge in [0.15, 0.2) is 0 Å². The highest BCUT2D eigenvalue weighted by molar-refractivity contribution is 5.30. The molecule has 1 unspecified atom stereocenters. The Hall–Kier alpha value is -1.78. The molecule has 0 radical (unpaired) electrons. The molecular weight excluding hydrogens is 236 g/mol. The molecule has 19 heavy (non-hydrogen) atoms. The fourth-order valence-corrected chi connectivity index (χ4v) is 2.07. The highest BCUT2D eigenvalue weighted by Crippen LogP contribution is 2.19. The van der Waals surface area contributed by atoms with Crippen LogP contribution in [-0.4, -0.2) is 9.97 Å². The minimum atomic E-state index is -0.122. The molecule has 0 aliphatic carbocycles. The van der Waals surface area contributed by atoms with Crippen molar-refractivity contribution in [1.29, 1.82) is 0 Å². The Morgan fingerprint density at radius 2 is 1.89 bits per heavy atom. The van der Waals surface area contributed by atoms with Crippen LogP contribution in [-0.2, 0) is 6.42 Å². The Bertz CT molecular complexity index is 505. The molecule has 2 rings (SSSR count). The second kappa shape index (κ2) is 6.41. The molecule has 0 aliphatic rings. The number of rotatable bonds is 5. The predicted molar refractivity (Wildman–Crippen MR) is 76.4 cm³/mol. The van der Waals surface area contributed by atoms with Crippen LogP contribution in [0.5, 0.6) is 0 Å². The molecule has 0 saturated heterocycles. The highest BCUT2D eigenvalue weighted by Gasteiger charge is 2.13. The van der Waals surface area contributed by atoms with Crippen molar-refractivity contribution >= 4 is 0 Å². The van der Waals surface area contributed by atoms with Gasteiger partial charge < -0.3 is 0 Å². The lowest BCUT2D eigenvalue weighted by Crippen LogP contribution is -2.29. The van der Waals surface area contributed by atoms with E-state index in [-0.39, 0.29) is 6.04 Å². The molecular formula is C15H20N4. The first-order chi connectivity index (χ1) is 9.24. The summed E-state index contributed by atoms with van der Waals surface area (Å²) in [6.07, 6.45) is 5.78. The number of nitrogens with one attached hydrogen (secondary N) is 1. The summed E-state index contributed by atoms with van der Waals surface area (Å²) in [7, 11) is 0. The van der Waals surface area contributed by atoms with Crippen LogP contribution in [0, 0.1) is 6.92 Å². The van der Waals surface area contributed by atoms with Crippen LogP contribution in [0.25, 0.3) is 0 Å². The zero-order chi connectivity index (χ0) is 13.7. The molecule has 0 saturated carbocycles. The van der Waals surface area contributed by atoms with Gasteiger partial charge in [-0.25, -0.2) is 5.43 Å². The van der Waals surface area contributed by atoms with Gasteiger partial charge in [0.2, 0.25) is 0 Å². The van der Waals surface area contributed by atoms with Crippen LogP contribution in [0.1, 0.15) is 41.9 Å². The zero-order valence-corrected chi connectivity index (χ0v) is 11.4. The summed E-state index contributed by atoms with van der Waals surface area (Å²) >= 11 is 0. The van der Waals surface area contributed by atoms with Gasteiger partial charge in [-0.1, -0.05) is 37.6 Å². The van der Waals surface area contributed by atoms with Crippen LogP contribution in [0.15, 0.2) is 36.7 Å². The summed E-state index contributed by atoms with van der Waals surface area (Å²) in [6.45, 7) is 4.10. The van der Waals surface area contributed by atoms with Crippen molar-refractivity contribution in [3.63, 3.8) is 0 Å². The standard InChI is InChI=1S/C15H20N4/c1-3-4-12-5-7-13(8-6-12)15(19-16)14-10-17-11(2)9-18-14/h5-10,15,19H,3-4,16H2,1-2H3. The van der Waals surface area contributed by atoms with Gasteiger partial charge in [0, 0.05) is 6.20 Å². The number of aromatic nitrogens is 2. The van der Waals surface area contributed by atoms with E-state index in [0.29, 0.717) is 0 Å². The molecule has 0 spiro atoms. The largest absolute Gasteiger partial charge is 0.271 e. The number of benzene rings is 1. The van der Waals surface area contributed by atoms with E-state index in [1.807, 2.05) is 6.92 Å². The average Bonchev–Trinajstić information content (AvgIpc) is 2.44. The monoisotopic (exact) mass is 256 g/mol. The number of hydrogen-bond acceptors (Lipinski definition) is 4. The average molecular weight is 256 g/mol. The zero-order valence-electron chi connectivity index (χ0n) is 11.4. The molecule has 1 aromatic heterocycles. The molecule has 1 heterocycles. The summed E-state index contributed by atoms with van der Waals surface area (Å²) in [5, 5.41) is 0. The second-order valence-electron chi connectivity index (χ2n) is 4.67. The van der Waals surface area contributed by atoms with E-state index in [2.05, 4.69) is 46.6 Å². The number of nitrogens with two attached hydrogens (primary N) is 1. The fraction of sp³-hybridized carbons (Fsp3) is 0.333. The topological polar surface area (TPSA) is 63.8 Å². The van der Waals surface area contributed by atoms with E-state index in [0.717, 1.165) is 29.8 Å². The Labute approximate surface area is 114 Å². The first-order valence-corrected chi connectivity index (χ1v) is 6.58. The first-order valence-electron chi connectivity index (χ1n) is 6.58. The third-order valence-electron chi connectivity index (χ3n) is 3.12. The van der Waals surface area contributed by atoms with Crippen LogP contribution < -0.4 is 11.3 Å². The molecule has 1 atom stereocenters. The summed E-state index contributed by atoms with van der Waals surface area (Å²) in [4.78, 5) is 8.64. The van der Waals surface area contributed by atoms with Gasteiger partial charge in [-0.2, -0.15) is 0 Å². The van der Waals surface area contributed by atoms with Crippen molar-refractivity contribution in [1.82, 2.24) is 15.4 Å². The SMILES string of the molecule is CCCc1ccc(C(NN)c2cnc(C)cn2)cc1. The van der Waals surface area contributed by atoms with E-state index in [4.69, 9.17) is 5.84 Å². The summed E-state index contributed by atoms with van der Waals surface area (Å²) < 4.78 is 0. The number of hydrogen-bond donors (Lipinski definition) is 2. The maximum atomic E-state index is 5.65. The minimum Gasteiger partial charge on any atom is -0.271 e. The van der Waals surface area contributed by atoms with Gasteiger partial charge >= 0.3 is 0 Å². The normalized spacial score (nSPS) is 12.4. The van der Waals surface area contributed by atoms with E-state index in [1.54, 1.807) is 12.4 Å². The van der Waals surface area contributed by atoms with Gasteiger partial charge in [0.25, 0.3) is 0 Å². The van der Waals surface area contributed by atoms with Crippen LogP contribution in [0.3, 0.4) is 0 Å². The number of nitrogens with zero attached hydrogens (tertiary/aromatic N) is 2. The third kappa shape index (κ3) is 3.36. The van der Waals surface area contributed by atoms with Gasteiger partial charge in [0.05, 0.1) is 23.6 Å². The van der Waals surface area contributed by atoms with Gasteiger partial charge in [-0.15, -0.1) is 0 Å². The summed E-state index contributed by atoms with van der Waals surface area (Å²) in [5.41, 5.74) is 6.98. The smallest absolute Gasteiger partial charge is 0.0897 e. The van der Waals surface area contributed by atoms with Crippen LogP contribution >= 0.6 is 0 Å². The lowest BCUT2D eigenvalue weighted by Gasteiger charge is -2.16. The summed E-state index contributed by atoms with van der Waals surface area (Å²) in [6, 6.07) is 8.35. The molecule has 2 aromatic rings. The van der Waals surface area contributed by atoms with E-state index < -0.39 is 0 Å². The van der Waals surface area contributed by atoms with Crippen molar-refractivity contribution in [3.8, 4) is 0 Å². The third-order valence-corrected chi connectivity index (χ3v) is 3.12. The van der Waals surface area contributed by atoms with Crippen molar-refractivity contribution in [3.05, 3.63) is 59.2 Å². The summed E-state index contributed by atoms with van der Waals surface area (Å²) in [5.74, 6) is 5.65. The molecule has 1 aromatic carbocycles. The molecule has 4 nitrogen and oxygen atoms in total. The fourth-order valence-electron chi connectivity index (χ4n) is 2.07. The van der Waals surface area contributed by atoms with Crippen molar-refractivity contribution in [2.75, 3.05) is 0 Å². The van der Waals surface area contributed by atoms with E-state index in [9.17, 15) is 0 Å². The number of hydrazine groups is 1. The van der Waals surface area contributed by atoms with Crippen LogP contribution in [0.4, 0.5) is 0 Å².